The van der Waals surface area contributed by atoms with Gasteiger partial charge in [-0.1, -0.05) is 19.9 Å². The molecule has 0 fully saturated rings. The Morgan fingerprint density at radius 1 is 1.40 bits per heavy atom. The van der Waals surface area contributed by atoms with Crippen LogP contribution in [-0.4, -0.2) is 16.6 Å². The van der Waals surface area contributed by atoms with Crippen LogP contribution in [0.1, 0.15) is 32.4 Å². The Kier molecular flexibility index (Phi) is 5.12. The predicted octanol–water partition coefficient (Wildman–Crippen LogP) is 2.42. The van der Waals surface area contributed by atoms with Crippen molar-refractivity contribution in [3.63, 3.8) is 0 Å². The van der Waals surface area contributed by atoms with Gasteiger partial charge in [-0.15, -0.1) is 0 Å². The van der Waals surface area contributed by atoms with Crippen LogP contribution in [0.15, 0.2) is 18.2 Å². The number of aliphatic hydroxyl groups is 1. The number of aliphatic hydroxyl groups excluding tert-OH is 1. The Morgan fingerprint density at radius 2 is 2.20 bits per heavy atom. The lowest BCUT2D eigenvalue weighted by atomic mass is 10.1. The molecule has 0 spiro atoms. The average Bonchev–Trinajstić information content (AvgIpc) is 2.24. The SMILES string of the molecule is CC(C)CCCNc1cccc(CO)n1. The molecule has 0 aliphatic carbocycles. The molecule has 1 rings (SSSR count). The van der Waals surface area contributed by atoms with E-state index in [1.165, 1.54) is 6.42 Å². The van der Waals surface area contributed by atoms with Crippen molar-refractivity contribution in [2.24, 2.45) is 5.92 Å². The molecule has 2 N–H and O–H groups in total. The number of nitrogens with one attached hydrogen (secondary N) is 1. The number of hydrogen-bond donors (Lipinski definition) is 2. The van der Waals surface area contributed by atoms with Gasteiger partial charge in [-0.05, 0) is 30.9 Å². The van der Waals surface area contributed by atoms with Crippen molar-refractivity contribution in [1.29, 1.82) is 0 Å². The Hall–Kier alpha value is -1.09. The van der Waals surface area contributed by atoms with E-state index in [9.17, 15) is 0 Å². The Labute approximate surface area is 91.5 Å². The van der Waals surface area contributed by atoms with Gasteiger partial charge in [0, 0.05) is 6.54 Å². The summed E-state index contributed by atoms with van der Waals surface area (Å²) >= 11 is 0. The molecule has 0 aromatic carbocycles. The summed E-state index contributed by atoms with van der Waals surface area (Å²) in [6.45, 7) is 5.40. The number of aromatic nitrogens is 1. The van der Waals surface area contributed by atoms with E-state index in [1.807, 2.05) is 18.2 Å². The first-order valence-electron chi connectivity index (χ1n) is 5.53. The molecule has 0 bridgehead atoms. The normalized spacial score (nSPS) is 10.7. The smallest absolute Gasteiger partial charge is 0.126 e. The van der Waals surface area contributed by atoms with E-state index in [-0.39, 0.29) is 6.61 Å². The minimum Gasteiger partial charge on any atom is -0.390 e. The molecule has 1 aromatic heterocycles. The molecule has 0 unspecified atom stereocenters. The predicted molar refractivity (Wildman–Crippen MR) is 62.7 cm³/mol. The summed E-state index contributed by atoms with van der Waals surface area (Å²) < 4.78 is 0. The molecule has 3 heteroatoms. The van der Waals surface area contributed by atoms with Crippen LogP contribution in [0.4, 0.5) is 5.82 Å². The van der Waals surface area contributed by atoms with Crippen LogP contribution in [0.5, 0.6) is 0 Å². The topological polar surface area (TPSA) is 45.1 Å². The maximum Gasteiger partial charge on any atom is 0.126 e. The molecular weight excluding hydrogens is 188 g/mol. The van der Waals surface area contributed by atoms with E-state index < -0.39 is 0 Å². The van der Waals surface area contributed by atoms with Crippen molar-refractivity contribution >= 4 is 5.82 Å². The monoisotopic (exact) mass is 208 g/mol. The third-order valence-corrected chi connectivity index (χ3v) is 2.23. The lowest BCUT2D eigenvalue weighted by Crippen LogP contribution is -2.05. The van der Waals surface area contributed by atoms with E-state index >= 15 is 0 Å². The van der Waals surface area contributed by atoms with Crippen molar-refractivity contribution in [3.05, 3.63) is 23.9 Å². The van der Waals surface area contributed by atoms with Crippen LogP contribution < -0.4 is 5.32 Å². The van der Waals surface area contributed by atoms with Gasteiger partial charge in [-0.3, -0.25) is 0 Å². The average molecular weight is 208 g/mol. The maximum atomic E-state index is 8.92. The van der Waals surface area contributed by atoms with Crippen molar-refractivity contribution in [2.75, 3.05) is 11.9 Å². The van der Waals surface area contributed by atoms with Crippen LogP contribution in [0.25, 0.3) is 0 Å². The maximum absolute atomic E-state index is 8.92. The fourth-order valence-electron chi connectivity index (χ4n) is 1.39. The lowest BCUT2D eigenvalue weighted by molar-refractivity contribution is 0.277. The molecule has 0 atom stereocenters. The second kappa shape index (κ2) is 6.40. The second-order valence-electron chi connectivity index (χ2n) is 4.14. The number of anilines is 1. The highest BCUT2D eigenvalue weighted by Crippen LogP contribution is 2.07. The summed E-state index contributed by atoms with van der Waals surface area (Å²) in [5.74, 6) is 1.61. The van der Waals surface area contributed by atoms with E-state index in [4.69, 9.17) is 5.11 Å². The van der Waals surface area contributed by atoms with Gasteiger partial charge in [0.1, 0.15) is 5.82 Å². The molecule has 0 radical (unpaired) electrons. The molecule has 0 amide bonds. The molecule has 3 nitrogen and oxygen atoms in total. The first-order chi connectivity index (χ1) is 7.22. The lowest BCUT2D eigenvalue weighted by Gasteiger charge is -2.07. The van der Waals surface area contributed by atoms with Crippen LogP contribution in [0.3, 0.4) is 0 Å². The van der Waals surface area contributed by atoms with Gasteiger partial charge < -0.3 is 10.4 Å². The fourth-order valence-corrected chi connectivity index (χ4v) is 1.39. The summed E-state index contributed by atoms with van der Waals surface area (Å²) in [4.78, 5) is 4.25. The molecule has 1 heterocycles. The van der Waals surface area contributed by atoms with Crippen LogP contribution in [-0.2, 0) is 6.61 Å². The summed E-state index contributed by atoms with van der Waals surface area (Å²) in [5.41, 5.74) is 0.712. The Morgan fingerprint density at radius 3 is 2.87 bits per heavy atom. The van der Waals surface area contributed by atoms with Crippen molar-refractivity contribution < 1.29 is 5.11 Å². The molecule has 1 aromatic rings. The molecule has 84 valence electrons. The van der Waals surface area contributed by atoms with Crippen molar-refractivity contribution in [3.8, 4) is 0 Å². The summed E-state index contributed by atoms with van der Waals surface area (Å²) in [6.07, 6.45) is 2.38. The summed E-state index contributed by atoms with van der Waals surface area (Å²) in [7, 11) is 0. The van der Waals surface area contributed by atoms with Crippen LogP contribution in [0, 0.1) is 5.92 Å². The van der Waals surface area contributed by atoms with Gasteiger partial charge in [-0.2, -0.15) is 0 Å². The molecule has 0 aliphatic heterocycles. The molecule has 0 aliphatic rings. The largest absolute Gasteiger partial charge is 0.390 e. The minimum absolute atomic E-state index is 0.00150. The standard InChI is InChI=1S/C12H20N2O/c1-10(2)5-4-8-13-12-7-3-6-11(9-15)14-12/h3,6-7,10,15H,4-5,8-9H2,1-2H3,(H,13,14). The van der Waals surface area contributed by atoms with Gasteiger partial charge in [0.05, 0.1) is 12.3 Å². The first-order valence-corrected chi connectivity index (χ1v) is 5.53. The second-order valence-corrected chi connectivity index (χ2v) is 4.14. The highest BCUT2D eigenvalue weighted by molar-refractivity contribution is 5.34. The third-order valence-electron chi connectivity index (χ3n) is 2.23. The zero-order valence-electron chi connectivity index (χ0n) is 9.53. The summed E-state index contributed by atoms with van der Waals surface area (Å²) in [6, 6.07) is 5.65. The molecule has 0 saturated carbocycles. The molecular formula is C12H20N2O. The fraction of sp³-hybridized carbons (Fsp3) is 0.583. The van der Waals surface area contributed by atoms with Gasteiger partial charge in [-0.25, -0.2) is 4.98 Å². The van der Waals surface area contributed by atoms with Gasteiger partial charge in [0.15, 0.2) is 0 Å². The van der Waals surface area contributed by atoms with Gasteiger partial charge in [0.2, 0.25) is 0 Å². The highest BCUT2D eigenvalue weighted by atomic mass is 16.3. The number of pyridine rings is 1. The number of rotatable bonds is 6. The Bertz CT molecular complexity index is 287. The van der Waals surface area contributed by atoms with Crippen molar-refractivity contribution in [2.45, 2.75) is 33.3 Å². The number of hydrogen-bond acceptors (Lipinski definition) is 3. The van der Waals surface area contributed by atoms with E-state index in [2.05, 4.69) is 24.1 Å². The van der Waals surface area contributed by atoms with E-state index in [1.54, 1.807) is 0 Å². The highest BCUT2D eigenvalue weighted by Gasteiger charge is 1.97. The third kappa shape index (κ3) is 4.79. The van der Waals surface area contributed by atoms with Gasteiger partial charge >= 0.3 is 0 Å². The summed E-state index contributed by atoms with van der Waals surface area (Å²) in [5, 5.41) is 12.2. The zero-order valence-corrected chi connectivity index (χ0v) is 9.53. The molecule has 15 heavy (non-hydrogen) atoms. The first kappa shape index (κ1) is 12.0. The number of nitrogens with zero attached hydrogens (tertiary/aromatic N) is 1. The minimum atomic E-state index is 0.00150. The van der Waals surface area contributed by atoms with Crippen molar-refractivity contribution in [1.82, 2.24) is 4.98 Å². The van der Waals surface area contributed by atoms with Crippen LogP contribution >= 0.6 is 0 Å². The van der Waals surface area contributed by atoms with Crippen LogP contribution in [0.2, 0.25) is 0 Å². The quantitative estimate of drug-likeness (QED) is 0.706. The molecule has 0 saturated heterocycles. The van der Waals surface area contributed by atoms with Gasteiger partial charge in [0.25, 0.3) is 0 Å². The van der Waals surface area contributed by atoms with E-state index in [0.717, 1.165) is 24.7 Å². The van der Waals surface area contributed by atoms with E-state index in [0.29, 0.717) is 5.69 Å². The Balaban J connectivity index is 2.30. The zero-order chi connectivity index (χ0) is 11.1.